The van der Waals surface area contributed by atoms with Gasteiger partial charge in [-0.25, -0.2) is 0 Å². The van der Waals surface area contributed by atoms with E-state index in [1.54, 1.807) is 36.4 Å². The summed E-state index contributed by atoms with van der Waals surface area (Å²) in [6.07, 6.45) is -9.05. The third kappa shape index (κ3) is 16.3. The number of amides is 2. The van der Waals surface area contributed by atoms with Crippen molar-refractivity contribution in [1.82, 2.24) is 20.4 Å². The predicted molar refractivity (Wildman–Crippen MR) is 296 cm³/mol. The Morgan fingerprint density at radius 1 is 0.622 bits per heavy atom. The Morgan fingerprint density at radius 2 is 1.07 bits per heavy atom. The number of morpholine rings is 2. The molecule has 4 N–H and O–H groups in total. The number of hydrogen-bond acceptors (Lipinski definition) is 16. The van der Waals surface area contributed by atoms with Crippen molar-refractivity contribution in [3.63, 3.8) is 0 Å². The van der Waals surface area contributed by atoms with Crippen LogP contribution in [-0.4, -0.2) is 140 Å². The maximum absolute atomic E-state index is 13.0. The molecule has 0 saturated carbocycles. The maximum Gasteiger partial charge on any atom is 0.495 e. The van der Waals surface area contributed by atoms with Gasteiger partial charge in [0.05, 0.1) is 67.7 Å². The molecule has 3 saturated heterocycles. The van der Waals surface area contributed by atoms with Crippen molar-refractivity contribution in [2.24, 2.45) is 0 Å². The van der Waals surface area contributed by atoms with Crippen LogP contribution in [0.1, 0.15) is 70.7 Å². The highest BCUT2D eigenvalue weighted by molar-refractivity contribution is 6.62. The van der Waals surface area contributed by atoms with Gasteiger partial charge in [-0.15, -0.1) is 20.4 Å². The zero-order valence-electron chi connectivity index (χ0n) is 45.8. The van der Waals surface area contributed by atoms with Gasteiger partial charge in [0.2, 0.25) is 0 Å². The zero-order chi connectivity index (χ0) is 59.4. The van der Waals surface area contributed by atoms with Crippen LogP contribution in [0, 0.1) is 13.8 Å². The minimum Gasteiger partial charge on any atom is -0.473 e. The summed E-state index contributed by atoms with van der Waals surface area (Å²) in [4.78, 5) is 29.3. The van der Waals surface area contributed by atoms with E-state index in [4.69, 9.17) is 50.1 Å². The number of rotatable bonds is 14. The molecular weight excluding hydrogens is 1100 g/mol. The third-order valence-electron chi connectivity index (χ3n) is 13.5. The normalized spacial score (nSPS) is 15.8. The molecule has 6 aromatic rings. The number of aryl methyl sites for hydroxylation is 2. The standard InChI is InChI=1S/C25H25F3N4O4.C21H23BF3NO3.C10H14ClN3O3/c1-16-5-6-19(29-23(34)17-3-2-4-18(13-17)25(26,27)28)14-20(16)21-15-22(32-7-10-35-11-8-32)24(31-30-21)36-12-9-33;1-13-9-10-16(12-17(13)22-28-19(2,3)20(4,5)29-22)26-18(27)14-7-6-8-15(11-14)21(23,24)25;11-9-7-8(14-1-4-16-5-2-14)10(13-12-9)17-6-3-15/h2-6,13-15,33H,7-12H2,1H3,(H,29,34);6-12H,1-5H3,(H,26,27);7,15H,1-6H2. The number of hydrogen-bond donors (Lipinski definition) is 4. The van der Waals surface area contributed by atoms with Crippen molar-refractivity contribution in [2.45, 2.75) is 65.1 Å². The maximum atomic E-state index is 13.0. The average Bonchev–Trinajstić information content (AvgIpc) is 3.87. The lowest BCUT2D eigenvalue weighted by Gasteiger charge is -2.32. The van der Waals surface area contributed by atoms with E-state index in [9.17, 15) is 35.9 Å². The van der Waals surface area contributed by atoms with Gasteiger partial charge in [-0.3, -0.25) is 9.59 Å². The number of anilines is 4. The highest BCUT2D eigenvalue weighted by atomic mass is 35.5. The van der Waals surface area contributed by atoms with Crippen LogP contribution in [0.4, 0.5) is 49.1 Å². The van der Waals surface area contributed by atoms with Gasteiger partial charge < -0.3 is 58.9 Å². The van der Waals surface area contributed by atoms with Gasteiger partial charge in [0.15, 0.2) is 5.15 Å². The summed E-state index contributed by atoms with van der Waals surface area (Å²) >= 11 is 5.83. The molecule has 0 unspecified atom stereocenters. The van der Waals surface area contributed by atoms with E-state index in [-0.39, 0.29) is 37.6 Å². The predicted octanol–water partition coefficient (Wildman–Crippen LogP) is 8.83. The van der Waals surface area contributed by atoms with E-state index < -0.39 is 53.6 Å². The lowest BCUT2D eigenvalue weighted by Crippen LogP contribution is -2.41. The number of nitrogens with one attached hydrogen (secondary N) is 2. The second-order valence-corrected chi connectivity index (χ2v) is 20.3. The fraction of sp³-hybridized carbons (Fsp3) is 0.393. The van der Waals surface area contributed by atoms with Gasteiger partial charge in [0, 0.05) is 60.3 Å². The molecule has 26 heteroatoms. The first kappa shape index (κ1) is 62.5. The molecule has 2 aromatic heterocycles. The van der Waals surface area contributed by atoms with E-state index >= 15 is 0 Å². The molecule has 438 valence electrons. The first-order chi connectivity index (χ1) is 38.9. The molecule has 82 heavy (non-hydrogen) atoms. The average molecular weight is 1170 g/mol. The van der Waals surface area contributed by atoms with Gasteiger partial charge in [-0.1, -0.05) is 41.4 Å². The molecule has 2 amide bonds. The molecule has 18 nitrogen and oxygen atoms in total. The van der Waals surface area contributed by atoms with Crippen LogP contribution < -0.4 is 35.4 Å². The summed E-state index contributed by atoms with van der Waals surface area (Å²) in [6.45, 7) is 16.8. The molecular formula is C56H62BClF6N8O10. The first-order valence-electron chi connectivity index (χ1n) is 26.0. The van der Waals surface area contributed by atoms with Gasteiger partial charge in [-0.05, 0) is 119 Å². The summed E-state index contributed by atoms with van der Waals surface area (Å²) in [5.74, 6) is -0.602. The number of ether oxygens (including phenoxy) is 4. The molecule has 5 heterocycles. The van der Waals surface area contributed by atoms with Crippen molar-refractivity contribution in [3.05, 3.63) is 136 Å². The fourth-order valence-electron chi connectivity index (χ4n) is 8.40. The number of alkyl halides is 6. The largest absolute Gasteiger partial charge is 0.495 e. The van der Waals surface area contributed by atoms with Gasteiger partial charge >= 0.3 is 19.5 Å². The van der Waals surface area contributed by atoms with Crippen LogP contribution in [0.5, 0.6) is 11.8 Å². The highest BCUT2D eigenvalue weighted by Crippen LogP contribution is 2.38. The molecule has 3 aliphatic rings. The number of nitrogens with zero attached hydrogens (tertiary/aromatic N) is 6. The summed E-state index contributed by atoms with van der Waals surface area (Å²) in [6, 6.07) is 22.5. The molecule has 0 radical (unpaired) electrons. The van der Waals surface area contributed by atoms with Crippen LogP contribution in [0.15, 0.2) is 97.1 Å². The molecule has 0 spiro atoms. The van der Waals surface area contributed by atoms with E-state index in [0.29, 0.717) is 84.7 Å². The highest BCUT2D eigenvalue weighted by Gasteiger charge is 2.52. The molecule has 9 rings (SSSR count). The van der Waals surface area contributed by atoms with Crippen molar-refractivity contribution >= 4 is 58.7 Å². The zero-order valence-corrected chi connectivity index (χ0v) is 46.5. The molecule has 0 bridgehead atoms. The minimum atomic E-state index is -4.54. The van der Waals surface area contributed by atoms with Crippen molar-refractivity contribution in [2.75, 3.05) is 99.5 Å². The quantitative estimate of drug-likeness (QED) is 0.0593. The SMILES string of the molecule is Cc1ccc(NC(=O)c2cccc(C(F)(F)F)c2)cc1-c1cc(N2CCOCC2)c(OCCO)nn1.Cc1ccc(NC(=O)c2cccc(C(F)(F)F)c2)cc1B1OC(C)(C)C(C)(C)O1.OCCOc1nnc(Cl)cc1N1CCOCC1. The first-order valence-corrected chi connectivity index (χ1v) is 26.3. The molecule has 3 fully saturated rings. The lowest BCUT2D eigenvalue weighted by atomic mass is 9.76. The smallest absolute Gasteiger partial charge is 0.473 e. The summed E-state index contributed by atoms with van der Waals surface area (Å²) in [5, 5.41) is 39.7. The summed E-state index contributed by atoms with van der Waals surface area (Å²) in [5.41, 5.74) is 3.12. The molecule has 4 aromatic carbocycles. The number of carbonyl (C=O) groups excluding carboxylic acids is 2. The number of halogens is 7. The number of aromatic nitrogens is 4. The van der Waals surface area contributed by atoms with Crippen molar-refractivity contribution in [1.29, 1.82) is 0 Å². The van der Waals surface area contributed by atoms with Crippen LogP contribution >= 0.6 is 11.6 Å². The number of carbonyl (C=O) groups is 2. The van der Waals surface area contributed by atoms with Crippen LogP contribution in [0.2, 0.25) is 5.15 Å². The number of benzene rings is 4. The third-order valence-corrected chi connectivity index (χ3v) is 13.7. The second kappa shape index (κ2) is 27.3. The Kier molecular flexibility index (Phi) is 20.8. The summed E-state index contributed by atoms with van der Waals surface area (Å²) in [7, 11) is -0.606. The topological polar surface area (TPSA) is 212 Å². The fourth-order valence-corrected chi connectivity index (χ4v) is 8.54. The van der Waals surface area contributed by atoms with E-state index in [0.717, 1.165) is 59.6 Å². The summed E-state index contributed by atoms with van der Waals surface area (Å²) < 4.78 is 112. The molecule has 3 aliphatic heterocycles. The number of aliphatic hydroxyl groups excluding tert-OH is 2. The van der Waals surface area contributed by atoms with Gasteiger partial charge in [0.1, 0.15) is 24.6 Å². The Morgan fingerprint density at radius 3 is 1.55 bits per heavy atom. The van der Waals surface area contributed by atoms with Crippen LogP contribution in [0.25, 0.3) is 11.3 Å². The second-order valence-electron chi connectivity index (χ2n) is 19.9. The molecule has 0 aliphatic carbocycles. The van der Waals surface area contributed by atoms with Crippen LogP contribution in [-0.2, 0) is 31.1 Å². The monoisotopic (exact) mass is 1170 g/mol. The lowest BCUT2D eigenvalue weighted by molar-refractivity contribution is -0.138. The Hall–Kier alpha value is -7.13. The molecule has 0 atom stereocenters. The van der Waals surface area contributed by atoms with Gasteiger partial charge in [0.25, 0.3) is 23.6 Å². The van der Waals surface area contributed by atoms with E-state index in [2.05, 4.69) is 40.8 Å². The van der Waals surface area contributed by atoms with Crippen LogP contribution in [0.3, 0.4) is 0 Å². The number of aliphatic hydroxyl groups is 2. The van der Waals surface area contributed by atoms with Crippen molar-refractivity contribution < 1.29 is 74.4 Å². The van der Waals surface area contributed by atoms with E-state index in [1.807, 2.05) is 53.7 Å². The Bertz CT molecular complexity index is 3150. The van der Waals surface area contributed by atoms with Gasteiger partial charge in [-0.2, -0.15) is 26.3 Å². The van der Waals surface area contributed by atoms with Crippen molar-refractivity contribution in [3.8, 4) is 23.0 Å². The Balaban J connectivity index is 0.000000188. The van der Waals surface area contributed by atoms with E-state index in [1.165, 1.54) is 24.3 Å². The Labute approximate surface area is 475 Å². The minimum absolute atomic E-state index is 0.0626.